The van der Waals surface area contributed by atoms with Gasteiger partial charge in [0.25, 0.3) is 0 Å². The Bertz CT molecular complexity index is 487. The summed E-state index contributed by atoms with van der Waals surface area (Å²) in [4.78, 5) is 5.67. The molecule has 90 valence electrons. The first-order valence-electron chi connectivity index (χ1n) is 5.30. The van der Waals surface area contributed by atoms with E-state index < -0.39 is 0 Å². The van der Waals surface area contributed by atoms with Gasteiger partial charge in [0.05, 0.1) is 10.0 Å². The van der Waals surface area contributed by atoms with Gasteiger partial charge in [-0.05, 0) is 46.6 Å². The molecule has 0 atom stereocenters. The van der Waals surface area contributed by atoms with Crippen molar-refractivity contribution in [1.82, 2.24) is 10.3 Å². The van der Waals surface area contributed by atoms with Crippen LogP contribution in [-0.4, -0.2) is 11.5 Å². The number of aromatic nitrogens is 1. The van der Waals surface area contributed by atoms with E-state index in [0.29, 0.717) is 0 Å². The molecule has 2 nitrogen and oxygen atoms in total. The summed E-state index contributed by atoms with van der Waals surface area (Å²) in [5.74, 6) is 0. The summed E-state index contributed by atoms with van der Waals surface area (Å²) in [6.45, 7) is 1.73. The summed E-state index contributed by atoms with van der Waals surface area (Å²) < 4.78 is 1.73. The third kappa shape index (κ3) is 4.39. The molecule has 0 aliphatic rings. The van der Waals surface area contributed by atoms with Crippen LogP contribution in [0.5, 0.6) is 0 Å². The summed E-state index contributed by atoms with van der Waals surface area (Å²) in [7, 11) is 0. The molecule has 1 N–H and O–H groups in total. The molecule has 0 saturated carbocycles. The highest BCUT2D eigenvalue weighted by Gasteiger charge is 1.98. The van der Waals surface area contributed by atoms with Crippen molar-refractivity contribution in [3.05, 3.63) is 49.8 Å². The highest BCUT2D eigenvalue weighted by atomic mass is 79.9. The Labute approximate surface area is 118 Å². The van der Waals surface area contributed by atoms with Crippen LogP contribution in [0.3, 0.4) is 0 Å². The smallest absolute Gasteiger partial charge is 0.106 e. The minimum atomic E-state index is 0.790. The van der Waals surface area contributed by atoms with Crippen LogP contribution < -0.4 is 5.32 Å². The Balaban J connectivity index is 1.73. The van der Waals surface area contributed by atoms with Gasteiger partial charge < -0.3 is 5.32 Å². The summed E-state index contributed by atoms with van der Waals surface area (Å²) in [6.07, 6.45) is 1.01. The predicted octanol–water partition coefficient (Wildman–Crippen LogP) is 3.89. The second kappa shape index (κ2) is 6.50. The number of pyridine rings is 1. The third-order valence-corrected chi connectivity index (χ3v) is 3.99. The normalized spacial score (nSPS) is 10.7. The molecule has 0 aliphatic carbocycles. The van der Waals surface area contributed by atoms with E-state index in [1.807, 2.05) is 24.3 Å². The van der Waals surface area contributed by atoms with E-state index >= 15 is 0 Å². The third-order valence-electron chi connectivity index (χ3n) is 2.26. The molecule has 0 radical (unpaired) electrons. The minimum absolute atomic E-state index is 0.790. The zero-order chi connectivity index (χ0) is 12.1. The molecule has 2 aromatic heterocycles. The Hall–Kier alpha value is -0.420. The average molecular weight is 332 g/mol. The zero-order valence-corrected chi connectivity index (χ0v) is 12.3. The molecular weight excluding hydrogens is 320 g/mol. The van der Waals surface area contributed by atoms with Gasteiger partial charge in [-0.25, -0.2) is 4.98 Å². The highest BCUT2D eigenvalue weighted by Crippen LogP contribution is 2.21. The van der Waals surface area contributed by atoms with Gasteiger partial charge in [0.1, 0.15) is 4.60 Å². The maximum atomic E-state index is 5.87. The topological polar surface area (TPSA) is 24.9 Å². The van der Waals surface area contributed by atoms with Crippen LogP contribution in [0.2, 0.25) is 4.34 Å². The standard InChI is InChI=1S/C12H12BrClN2S/c13-11-3-1-2-9(16-11)8-15-7-6-10-4-5-12(14)17-10/h1-5,15H,6-8H2. The van der Waals surface area contributed by atoms with Gasteiger partial charge >= 0.3 is 0 Å². The van der Waals surface area contributed by atoms with Gasteiger partial charge in [0.15, 0.2) is 0 Å². The number of halogens is 2. The predicted molar refractivity (Wildman–Crippen MR) is 76.7 cm³/mol. The lowest BCUT2D eigenvalue weighted by Crippen LogP contribution is -2.17. The Morgan fingerprint density at radius 2 is 2.18 bits per heavy atom. The van der Waals surface area contributed by atoms with E-state index in [4.69, 9.17) is 11.6 Å². The lowest BCUT2D eigenvalue weighted by Gasteiger charge is -2.03. The number of hydrogen-bond donors (Lipinski definition) is 1. The van der Waals surface area contributed by atoms with Crippen molar-refractivity contribution in [1.29, 1.82) is 0 Å². The van der Waals surface area contributed by atoms with Crippen molar-refractivity contribution in [3.8, 4) is 0 Å². The van der Waals surface area contributed by atoms with Crippen LogP contribution in [0.25, 0.3) is 0 Å². The SMILES string of the molecule is Clc1ccc(CCNCc2cccc(Br)n2)s1. The van der Waals surface area contributed by atoms with Crippen LogP contribution in [0, 0.1) is 0 Å². The molecule has 0 aliphatic heterocycles. The van der Waals surface area contributed by atoms with E-state index in [1.165, 1.54) is 4.88 Å². The first-order chi connectivity index (χ1) is 8.24. The van der Waals surface area contributed by atoms with Crippen molar-refractivity contribution < 1.29 is 0 Å². The molecule has 17 heavy (non-hydrogen) atoms. The number of nitrogens with one attached hydrogen (secondary N) is 1. The molecule has 0 unspecified atom stereocenters. The lowest BCUT2D eigenvalue weighted by molar-refractivity contribution is 0.677. The molecular formula is C12H12BrClN2S. The number of thiophene rings is 1. The number of nitrogens with zero attached hydrogens (tertiary/aromatic N) is 1. The Morgan fingerprint density at radius 1 is 1.29 bits per heavy atom. The lowest BCUT2D eigenvalue weighted by atomic mass is 10.3. The quantitative estimate of drug-likeness (QED) is 0.664. The molecule has 0 spiro atoms. The Morgan fingerprint density at radius 3 is 2.88 bits per heavy atom. The van der Waals surface area contributed by atoms with Gasteiger partial charge in [-0.3, -0.25) is 0 Å². The van der Waals surface area contributed by atoms with Crippen LogP contribution in [0.1, 0.15) is 10.6 Å². The fourth-order valence-corrected chi connectivity index (χ4v) is 2.93. The molecule has 2 rings (SSSR count). The fourth-order valence-electron chi connectivity index (χ4n) is 1.46. The molecule has 2 heterocycles. The summed E-state index contributed by atoms with van der Waals surface area (Å²) in [5.41, 5.74) is 1.04. The molecule has 0 fully saturated rings. The first-order valence-corrected chi connectivity index (χ1v) is 7.29. The highest BCUT2D eigenvalue weighted by molar-refractivity contribution is 9.10. The second-order valence-corrected chi connectivity index (χ2v) is 6.20. The fraction of sp³-hybridized carbons (Fsp3) is 0.250. The monoisotopic (exact) mass is 330 g/mol. The summed E-state index contributed by atoms with van der Waals surface area (Å²) in [5, 5.41) is 3.37. The average Bonchev–Trinajstić information content (AvgIpc) is 2.71. The zero-order valence-electron chi connectivity index (χ0n) is 9.12. The summed E-state index contributed by atoms with van der Waals surface area (Å²) >= 11 is 10.9. The molecule has 2 aromatic rings. The van der Waals surface area contributed by atoms with Crippen LogP contribution in [-0.2, 0) is 13.0 Å². The largest absolute Gasteiger partial charge is 0.311 e. The first kappa shape index (κ1) is 13.0. The van der Waals surface area contributed by atoms with Gasteiger partial charge in [-0.2, -0.15) is 0 Å². The molecule has 0 saturated heterocycles. The number of hydrogen-bond acceptors (Lipinski definition) is 3. The van der Waals surface area contributed by atoms with Gasteiger partial charge in [0.2, 0.25) is 0 Å². The maximum absolute atomic E-state index is 5.87. The van der Waals surface area contributed by atoms with Gasteiger partial charge in [-0.15, -0.1) is 11.3 Å². The van der Waals surface area contributed by atoms with Crippen LogP contribution in [0.15, 0.2) is 34.9 Å². The minimum Gasteiger partial charge on any atom is -0.311 e. The molecule has 0 amide bonds. The van der Waals surface area contributed by atoms with E-state index in [-0.39, 0.29) is 0 Å². The molecule has 0 bridgehead atoms. The van der Waals surface area contributed by atoms with Gasteiger partial charge in [-0.1, -0.05) is 17.7 Å². The second-order valence-electron chi connectivity index (χ2n) is 3.58. The number of rotatable bonds is 5. The summed E-state index contributed by atoms with van der Waals surface area (Å²) in [6, 6.07) is 9.95. The van der Waals surface area contributed by atoms with Crippen molar-refractivity contribution in [2.45, 2.75) is 13.0 Å². The van der Waals surface area contributed by atoms with Crippen molar-refractivity contribution >= 4 is 38.9 Å². The molecule has 0 aromatic carbocycles. The van der Waals surface area contributed by atoms with Crippen LogP contribution in [0.4, 0.5) is 0 Å². The van der Waals surface area contributed by atoms with Crippen molar-refractivity contribution in [2.24, 2.45) is 0 Å². The van der Waals surface area contributed by atoms with Gasteiger partial charge in [0, 0.05) is 18.0 Å². The van der Waals surface area contributed by atoms with E-state index in [1.54, 1.807) is 11.3 Å². The van der Waals surface area contributed by atoms with Crippen LogP contribution >= 0.6 is 38.9 Å². The maximum Gasteiger partial charge on any atom is 0.106 e. The van der Waals surface area contributed by atoms with Crippen molar-refractivity contribution in [3.63, 3.8) is 0 Å². The van der Waals surface area contributed by atoms with E-state index in [0.717, 1.165) is 34.1 Å². The van der Waals surface area contributed by atoms with E-state index in [9.17, 15) is 0 Å². The van der Waals surface area contributed by atoms with Crippen molar-refractivity contribution in [2.75, 3.05) is 6.54 Å². The Kier molecular flexibility index (Phi) is 4.98. The van der Waals surface area contributed by atoms with E-state index in [2.05, 4.69) is 32.3 Å². The molecule has 5 heteroatoms.